The molecule has 0 aliphatic heterocycles. The molecule has 0 saturated heterocycles. The first-order valence-corrected chi connectivity index (χ1v) is 10.3. The minimum absolute atomic E-state index is 0.168. The summed E-state index contributed by atoms with van der Waals surface area (Å²) >= 11 is 6.09. The van der Waals surface area contributed by atoms with Crippen LogP contribution in [0.3, 0.4) is 0 Å². The molecule has 3 aromatic carbocycles. The lowest BCUT2D eigenvalue weighted by atomic mass is 10.1. The van der Waals surface area contributed by atoms with E-state index in [9.17, 15) is 9.59 Å². The van der Waals surface area contributed by atoms with Crippen LogP contribution < -0.4 is 10.1 Å². The predicted molar refractivity (Wildman–Crippen MR) is 120 cm³/mol. The van der Waals surface area contributed by atoms with E-state index in [1.54, 1.807) is 19.1 Å². The van der Waals surface area contributed by atoms with Gasteiger partial charge in [0, 0.05) is 23.5 Å². The molecule has 30 heavy (non-hydrogen) atoms. The summed E-state index contributed by atoms with van der Waals surface area (Å²) in [5.41, 5.74) is 0.845. The Morgan fingerprint density at radius 2 is 1.80 bits per heavy atom. The molecule has 0 aliphatic rings. The van der Waals surface area contributed by atoms with Crippen LogP contribution >= 0.6 is 11.6 Å². The summed E-state index contributed by atoms with van der Waals surface area (Å²) in [6.45, 7) is 4.15. The minimum atomic E-state index is -0.646. The summed E-state index contributed by atoms with van der Waals surface area (Å²) in [6, 6.07) is 20.2. The Labute approximate surface area is 181 Å². The Kier molecular flexibility index (Phi) is 7.31. The predicted octanol–water partition coefficient (Wildman–Crippen LogP) is 4.43. The van der Waals surface area contributed by atoms with E-state index in [4.69, 9.17) is 16.3 Å². The van der Waals surface area contributed by atoms with E-state index >= 15 is 0 Å². The normalized spacial score (nSPS) is 11.7. The molecule has 5 nitrogen and oxygen atoms in total. The van der Waals surface area contributed by atoms with Crippen molar-refractivity contribution in [1.82, 2.24) is 10.2 Å². The van der Waals surface area contributed by atoms with Crippen LogP contribution in [-0.4, -0.2) is 35.9 Å². The summed E-state index contributed by atoms with van der Waals surface area (Å²) < 4.78 is 5.86. The van der Waals surface area contributed by atoms with Crippen LogP contribution in [0.4, 0.5) is 0 Å². The van der Waals surface area contributed by atoms with Crippen LogP contribution in [0.15, 0.2) is 66.7 Å². The maximum atomic E-state index is 13.1. The number of benzene rings is 3. The zero-order valence-electron chi connectivity index (χ0n) is 17.1. The minimum Gasteiger partial charge on any atom is -0.483 e. The molecule has 0 saturated carbocycles. The Morgan fingerprint density at radius 3 is 2.57 bits per heavy atom. The molecule has 0 aliphatic carbocycles. The van der Waals surface area contributed by atoms with Gasteiger partial charge < -0.3 is 15.0 Å². The molecule has 0 radical (unpaired) electrons. The summed E-state index contributed by atoms with van der Waals surface area (Å²) in [6.07, 6.45) is 0. The molecule has 0 aromatic heterocycles. The average molecular weight is 425 g/mol. The number of ether oxygens (including phenoxy) is 1. The molecule has 0 unspecified atom stereocenters. The zero-order chi connectivity index (χ0) is 21.5. The van der Waals surface area contributed by atoms with Gasteiger partial charge in [-0.1, -0.05) is 60.1 Å². The van der Waals surface area contributed by atoms with Crippen molar-refractivity contribution in [1.29, 1.82) is 0 Å². The fourth-order valence-electron chi connectivity index (χ4n) is 3.28. The van der Waals surface area contributed by atoms with Crippen LogP contribution in [0.25, 0.3) is 10.8 Å². The smallest absolute Gasteiger partial charge is 0.261 e. The van der Waals surface area contributed by atoms with Crippen molar-refractivity contribution < 1.29 is 14.3 Å². The molecule has 2 amide bonds. The Bertz CT molecular complexity index is 1030. The molecule has 0 heterocycles. The van der Waals surface area contributed by atoms with Crippen molar-refractivity contribution in [3.63, 3.8) is 0 Å². The summed E-state index contributed by atoms with van der Waals surface area (Å²) in [5, 5.41) is 5.33. The lowest BCUT2D eigenvalue weighted by Gasteiger charge is -2.28. The molecule has 1 atom stereocenters. The van der Waals surface area contributed by atoms with Gasteiger partial charge in [-0.15, -0.1) is 0 Å². The van der Waals surface area contributed by atoms with Gasteiger partial charge in [-0.3, -0.25) is 9.59 Å². The highest BCUT2D eigenvalue weighted by molar-refractivity contribution is 6.30. The van der Waals surface area contributed by atoms with Gasteiger partial charge in [0.1, 0.15) is 11.8 Å². The van der Waals surface area contributed by atoms with Gasteiger partial charge >= 0.3 is 0 Å². The number of likely N-dealkylation sites (N-methyl/N-ethyl adjacent to an activating group) is 1. The number of nitrogens with one attached hydrogen (secondary N) is 1. The van der Waals surface area contributed by atoms with Crippen molar-refractivity contribution in [2.75, 3.05) is 13.2 Å². The second-order valence-electron chi connectivity index (χ2n) is 6.99. The van der Waals surface area contributed by atoms with Gasteiger partial charge in [0.05, 0.1) is 0 Å². The molecule has 0 fully saturated rings. The third kappa shape index (κ3) is 5.30. The van der Waals surface area contributed by atoms with Crippen LogP contribution in [0.5, 0.6) is 5.75 Å². The Balaban J connectivity index is 1.79. The van der Waals surface area contributed by atoms with Gasteiger partial charge in [-0.2, -0.15) is 0 Å². The van der Waals surface area contributed by atoms with Gasteiger partial charge in [0.25, 0.3) is 5.91 Å². The first-order chi connectivity index (χ1) is 14.5. The number of hydrogen-bond donors (Lipinski definition) is 1. The highest BCUT2D eigenvalue weighted by atomic mass is 35.5. The van der Waals surface area contributed by atoms with Crippen molar-refractivity contribution >= 4 is 34.2 Å². The average Bonchev–Trinajstić information content (AvgIpc) is 2.75. The van der Waals surface area contributed by atoms with E-state index in [2.05, 4.69) is 5.32 Å². The number of hydrogen-bond acceptors (Lipinski definition) is 3. The number of carbonyl (C=O) groups is 2. The fourth-order valence-corrected chi connectivity index (χ4v) is 3.49. The lowest BCUT2D eigenvalue weighted by molar-refractivity contribution is -0.142. The fraction of sp³-hybridized carbons (Fsp3) is 0.250. The van der Waals surface area contributed by atoms with Crippen LogP contribution in [0, 0.1) is 0 Å². The topological polar surface area (TPSA) is 58.6 Å². The summed E-state index contributed by atoms with van der Waals surface area (Å²) in [7, 11) is 0. The molecule has 6 heteroatoms. The standard InChI is InChI=1S/C24H25ClN2O3/c1-3-26-24(29)17(2)27(15-18-8-6-11-20(25)14-18)23(28)16-30-22-13-7-10-19-9-4-5-12-21(19)22/h4-14,17H,3,15-16H2,1-2H3,(H,26,29)/t17-/m1/s1. The van der Waals surface area contributed by atoms with E-state index < -0.39 is 6.04 Å². The van der Waals surface area contributed by atoms with E-state index in [1.807, 2.05) is 61.5 Å². The third-order valence-electron chi connectivity index (χ3n) is 4.86. The SMILES string of the molecule is CCNC(=O)[C@@H](C)N(Cc1cccc(Cl)c1)C(=O)COc1cccc2ccccc12. The maximum absolute atomic E-state index is 13.1. The molecule has 0 spiro atoms. The van der Waals surface area contributed by atoms with Gasteiger partial charge in [0.2, 0.25) is 5.91 Å². The van der Waals surface area contributed by atoms with Gasteiger partial charge in [0.15, 0.2) is 6.61 Å². The monoisotopic (exact) mass is 424 g/mol. The van der Waals surface area contributed by atoms with Crippen molar-refractivity contribution in [3.05, 3.63) is 77.3 Å². The first kappa shape index (κ1) is 21.7. The van der Waals surface area contributed by atoms with Crippen molar-refractivity contribution in [2.45, 2.75) is 26.4 Å². The molecule has 3 aromatic rings. The highest BCUT2D eigenvalue weighted by Gasteiger charge is 2.26. The van der Waals surface area contributed by atoms with Crippen molar-refractivity contribution in [2.24, 2.45) is 0 Å². The van der Waals surface area contributed by atoms with E-state index in [0.717, 1.165) is 16.3 Å². The summed E-state index contributed by atoms with van der Waals surface area (Å²) in [4.78, 5) is 27.0. The lowest BCUT2D eigenvalue weighted by Crippen LogP contribution is -2.49. The number of amides is 2. The zero-order valence-corrected chi connectivity index (χ0v) is 17.9. The quantitative estimate of drug-likeness (QED) is 0.582. The third-order valence-corrected chi connectivity index (χ3v) is 5.10. The molecule has 0 bridgehead atoms. The molecule has 156 valence electrons. The number of halogens is 1. The first-order valence-electron chi connectivity index (χ1n) is 9.91. The molecule has 3 rings (SSSR count). The van der Waals surface area contributed by atoms with E-state index in [-0.39, 0.29) is 25.0 Å². The van der Waals surface area contributed by atoms with E-state index in [0.29, 0.717) is 17.3 Å². The Hall–Kier alpha value is -3.05. The Morgan fingerprint density at radius 1 is 1.07 bits per heavy atom. The number of rotatable bonds is 8. The number of fused-ring (bicyclic) bond motifs is 1. The van der Waals surface area contributed by atoms with E-state index in [1.165, 1.54) is 4.90 Å². The largest absolute Gasteiger partial charge is 0.483 e. The second-order valence-corrected chi connectivity index (χ2v) is 7.42. The molecular formula is C24H25ClN2O3. The van der Waals surface area contributed by atoms with Crippen LogP contribution in [0.1, 0.15) is 19.4 Å². The van der Waals surface area contributed by atoms with Gasteiger partial charge in [-0.05, 0) is 43.0 Å². The molecular weight excluding hydrogens is 400 g/mol. The van der Waals surface area contributed by atoms with Crippen LogP contribution in [-0.2, 0) is 16.1 Å². The second kappa shape index (κ2) is 10.1. The van der Waals surface area contributed by atoms with Gasteiger partial charge in [-0.25, -0.2) is 0 Å². The highest BCUT2D eigenvalue weighted by Crippen LogP contribution is 2.25. The maximum Gasteiger partial charge on any atom is 0.261 e. The van der Waals surface area contributed by atoms with Crippen LogP contribution in [0.2, 0.25) is 5.02 Å². The number of nitrogens with zero attached hydrogens (tertiary/aromatic N) is 1. The molecule has 1 N–H and O–H groups in total. The van der Waals surface area contributed by atoms with Crippen molar-refractivity contribution in [3.8, 4) is 5.75 Å². The summed E-state index contributed by atoms with van der Waals surface area (Å²) in [5.74, 6) is 0.148. The number of carbonyl (C=O) groups excluding carboxylic acids is 2.